The molecule has 0 aliphatic heterocycles. The third-order valence-electron chi connectivity index (χ3n) is 2.67. The third kappa shape index (κ3) is 2.57. The molecule has 0 aliphatic rings. The van der Waals surface area contributed by atoms with Crippen molar-refractivity contribution in [2.24, 2.45) is 7.05 Å². The average Bonchev–Trinajstić information content (AvgIpc) is 2.97. The summed E-state index contributed by atoms with van der Waals surface area (Å²) in [5.41, 5.74) is 0. The van der Waals surface area contributed by atoms with E-state index in [0.29, 0.717) is 0 Å². The van der Waals surface area contributed by atoms with Crippen LogP contribution in [0, 0.1) is 0 Å². The predicted octanol–water partition coefficient (Wildman–Crippen LogP) is 1.07. The van der Waals surface area contributed by atoms with Crippen molar-refractivity contribution in [1.29, 1.82) is 0 Å². The highest BCUT2D eigenvalue weighted by molar-refractivity contribution is 5.15. The molecule has 0 saturated carbocycles. The summed E-state index contributed by atoms with van der Waals surface area (Å²) in [5, 5.41) is 12.4. The van der Waals surface area contributed by atoms with Gasteiger partial charge in [0.2, 0.25) is 0 Å². The van der Waals surface area contributed by atoms with E-state index in [1.54, 1.807) is 12.5 Å². The van der Waals surface area contributed by atoms with Crippen LogP contribution in [0.25, 0.3) is 0 Å². The number of hydrogen-bond donors (Lipinski definition) is 2. The summed E-state index contributed by atoms with van der Waals surface area (Å²) >= 11 is 0. The molecule has 2 atom stereocenters. The SMILES string of the molecule is C[C@H](CO)NC(c1ccco1)c1nccn1C. The van der Waals surface area contributed by atoms with Crippen molar-refractivity contribution < 1.29 is 9.52 Å². The zero-order valence-electron chi connectivity index (χ0n) is 10.00. The van der Waals surface area contributed by atoms with Crippen LogP contribution in [0.1, 0.15) is 24.6 Å². The second-order valence-electron chi connectivity index (χ2n) is 4.10. The standard InChI is InChI=1S/C12H17N3O2/c1-9(8-16)14-11(10-4-3-7-17-10)12-13-5-6-15(12)2/h3-7,9,11,14,16H,8H2,1-2H3/t9-,11?/m1/s1. The lowest BCUT2D eigenvalue weighted by atomic mass is 10.2. The van der Waals surface area contributed by atoms with Gasteiger partial charge in [-0.1, -0.05) is 0 Å². The fourth-order valence-electron chi connectivity index (χ4n) is 1.73. The summed E-state index contributed by atoms with van der Waals surface area (Å²) in [5.74, 6) is 1.65. The average molecular weight is 235 g/mol. The highest BCUT2D eigenvalue weighted by Crippen LogP contribution is 2.21. The number of aryl methyl sites for hydroxylation is 1. The summed E-state index contributed by atoms with van der Waals surface area (Å²) in [6.45, 7) is 1.99. The fourth-order valence-corrected chi connectivity index (χ4v) is 1.73. The van der Waals surface area contributed by atoms with Crippen molar-refractivity contribution in [2.45, 2.75) is 19.0 Å². The summed E-state index contributed by atoms with van der Waals surface area (Å²) < 4.78 is 7.36. The molecule has 0 aliphatic carbocycles. The Bertz CT molecular complexity index is 450. The van der Waals surface area contributed by atoms with Gasteiger partial charge in [-0.05, 0) is 19.1 Å². The molecule has 0 radical (unpaired) electrons. The van der Waals surface area contributed by atoms with E-state index in [2.05, 4.69) is 10.3 Å². The molecule has 2 rings (SSSR count). The minimum atomic E-state index is -0.146. The van der Waals surface area contributed by atoms with Gasteiger partial charge in [0, 0.05) is 25.5 Å². The molecule has 2 aromatic rings. The molecule has 2 heterocycles. The van der Waals surface area contributed by atoms with Crippen molar-refractivity contribution in [3.63, 3.8) is 0 Å². The second-order valence-corrected chi connectivity index (χ2v) is 4.10. The molecule has 0 saturated heterocycles. The van der Waals surface area contributed by atoms with Crippen LogP contribution in [-0.2, 0) is 7.05 Å². The van der Waals surface area contributed by atoms with Crippen LogP contribution in [0.5, 0.6) is 0 Å². The number of rotatable bonds is 5. The van der Waals surface area contributed by atoms with Crippen LogP contribution in [0.4, 0.5) is 0 Å². The predicted molar refractivity (Wildman–Crippen MR) is 63.4 cm³/mol. The summed E-state index contributed by atoms with van der Waals surface area (Å²) in [4.78, 5) is 4.32. The highest BCUT2D eigenvalue weighted by Gasteiger charge is 2.22. The van der Waals surface area contributed by atoms with Crippen molar-refractivity contribution in [1.82, 2.24) is 14.9 Å². The van der Waals surface area contributed by atoms with Gasteiger partial charge >= 0.3 is 0 Å². The molecule has 2 aromatic heterocycles. The van der Waals surface area contributed by atoms with Gasteiger partial charge in [0.1, 0.15) is 17.6 Å². The van der Waals surface area contributed by atoms with Gasteiger partial charge in [-0.2, -0.15) is 0 Å². The number of aliphatic hydroxyl groups excluding tert-OH is 1. The first-order valence-electron chi connectivity index (χ1n) is 5.60. The first-order valence-corrected chi connectivity index (χ1v) is 5.60. The van der Waals surface area contributed by atoms with E-state index in [9.17, 15) is 0 Å². The van der Waals surface area contributed by atoms with Crippen LogP contribution in [0.3, 0.4) is 0 Å². The largest absolute Gasteiger partial charge is 0.467 e. The number of nitrogens with one attached hydrogen (secondary N) is 1. The molecule has 0 fully saturated rings. The van der Waals surface area contributed by atoms with E-state index in [0.717, 1.165) is 11.6 Å². The first kappa shape index (κ1) is 11.9. The molecule has 92 valence electrons. The monoisotopic (exact) mass is 235 g/mol. The summed E-state index contributed by atoms with van der Waals surface area (Å²) in [6.07, 6.45) is 5.27. The van der Waals surface area contributed by atoms with Crippen molar-refractivity contribution in [3.05, 3.63) is 42.4 Å². The second kappa shape index (κ2) is 5.16. The summed E-state index contributed by atoms with van der Waals surface area (Å²) in [6, 6.07) is 3.57. The van der Waals surface area contributed by atoms with Crippen molar-refractivity contribution in [2.75, 3.05) is 6.61 Å². The molecular formula is C12H17N3O2. The Morgan fingerprint density at radius 2 is 2.41 bits per heavy atom. The van der Waals surface area contributed by atoms with E-state index >= 15 is 0 Å². The Hall–Kier alpha value is -1.59. The maximum Gasteiger partial charge on any atom is 0.133 e. The smallest absolute Gasteiger partial charge is 0.133 e. The Morgan fingerprint density at radius 1 is 1.59 bits per heavy atom. The number of furan rings is 1. The lowest BCUT2D eigenvalue weighted by Gasteiger charge is -2.20. The van der Waals surface area contributed by atoms with E-state index in [4.69, 9.17) is 9.52 Å². The minimum Gasteiger partial charge on any atom is -0.467 e. The maximum absolute atomic E-state index is 9.13. The molecule has 0 spiro atoms. The van der Waals surface area contributed by atoms with Gasteiger partial charge in [0.25, 0.3) is 0 Å². The van der Waals surface area contributed by atoms with Crippen molar-refractivity contribution in [3.8, 4) is 0 Å². The van der Waals surface area contributed by atoms with E-state index in [-0.39, 0.29) is 18.7 Å². The Kier molecular flexibility index (Phi) is 3.61. The molecule has 5 heteroatoms. The lowest BCUT2D eigenvalue weighted by molar-refractivity contribution is 0.239. The molecule has 1 unspecified atom stereocenters. The molecular weight excluding hydrogens is 218 g/mol. The van der Waals surface area contributed by atoms with Crippen LogP contribution >= 0.6 is 0 Å². The van der Waals surface area contributed by atoms with Gasteiger partial charge in [0.15, 0.2) is 0 Å². The van der Waals surface area contributed by atoms with Gasteiger partial charge < -0.3 is 14.1 Å². The molecule has 2 N–H and O–H groups in total. The lowest BCUT2D eigenvalue weighted by Crippen LogP contribution is -2.34. The minimum absolute atomic E-state index is 0.0261. The van der Waals surface area contributed by atoms with Gasteiger partial charge in [-0.15, -0.1) is 0 Å². The zero-order chi connectivity index (χ0) is 12.3. The van der Waals surface area contributed by atoms with Crippen LogP contribution < -0.4 is 5.32 Å². The fraction of sp³-hybridized carbons (Fsp3) is 0.417. The van der Waals surface area contributed by atoms with Crippen molar-refractivity contribution >= 4 is 0 Å². The number of aliphatic hydroxyl groups is 1. The number of nitrogens with zero attached hydrogens (tertiary/aromatic N) is 2. The molecule has 0 aromatic carbocycles. The Labute approximate surface area is 100 Å². The van der Waals surface area contributed by atoms with Crippen LogP contribution in [-0.4, -0.2) is 27.3 Å². The summed E-state index contributed by atoms with van der Waals surface area (Å²) in [7, 11) is 1.93. The molecule has 5 nitrogen and oxygen atoms in total. The Morgan fingerprint density at radius 3 is 2.94 bits per heavy atom. The zero-order valence-corrected chi connectivity index (χ0v) is 10.00. The quantitative estimate of drug-likeness (QED) is 0.813. The van der Waals surface area contributed by atoms with Crippen LogP contribution in [0.15, 0.2) is 35.2 Å². The van der Waals surface area contributed by atoms with Crippen LogP contribution in [0.2, 0.25) is 0 Å². The van der Waals surface area contributed by atoms with E-state index in [1.165, 1.54) is 0 Å². The third-order valence-corrected chi connectivity index (χ3v) is 2.67. The highest BCUT2D eigenvalue weighted by atomic mass is 16.3. The Balaban J connectivity index is 2.28. The first-order chi connectivity index (χ1) is 8.22. The number of imidazole rings is 1. The topological polar surface area (TPSA) is 63.2 Å². The number of aromatic nitrogens is 2. The van der Waals surface area contributed by atoms with E-state index in [1.807, 2.05) is 36.9 Å². The molecule has 0 amide bonds. The van der Waals surface area contributed by atoms with Gasteiger partial charge in [-0.3, -0.25) is 5.32 Å². The molecule has 0 bridgehead atoms. The number of hydrogen-bond acceptors (Lipinski definition) is 4. The maximum atomic E-state index is 9.13. The molecule has 17 heavy (non-hydrogen) atoms. The van der Waals surface area contributed by atoms with E-state index < -0.39 is 0 Å². The van der Waals surface area contributed by atoms with Gasteiger partial charge in [0.05, 0.1) is 12.9 Å². The van der Waals surface area contributed by atoms with Gasteiger partial charge in [-0.25, -0.2) is 4.98 Å². The normalized spacial score (nSPS) is 14.8.